The highest BCUT2D eigenvalue weighted by molar-refractivity contribution is 4.52. The Labute approximate surface area is 80.6 Å². The van der Waals surface area contributed by atoms with E-state index in [1.165, 1.54) is 0 Å². The lowest BCUT2D eigenvalue weighted by Crippen LogP contribution is -2.33. The summed E-state index contributed by atoms with van der Waals surface area (Å²) in [5.41, 5.74) is 11.2. The minimum Gasteiger partial charge on any atom is -0.351 e. The predicted octanol–water partition coefficient (Wildman–Crippen LogP) is 0.798. The van der Waals surface area contributed by atoms with Crippen LogP contribution in [0.25, 0.3) is 0 Å². The van der Waals surface area contributed by atoms with E-state index in [9.17, 15) is 0 Å². The summed E-state index contributed by atoms with van der Waals surface area (Å²) in [6.45, 7) is 6.37. The normalized spacial score (nSPS) is 18.2. The summed E-state index contributed by atoms with van der Waals surface area (Å²) < 4.78 is 10.8. The van der Waals surface area contributed by atoms with E-state index in [4.69, 9.17) is 20.9 Å². The van der Waals surface area contributed by atoms with Crippen LogP contribution in [0, 0.1) is 0 Å². The van der Waals surface area contributed by atoms with Crippen LogP contribution in [0.1, 0.15) is 33.6 Å². The van der Waals surface area contributed by atoms with E-state index in [0.29, 0.717) is 6.61 Å². The van der Waals surface area contributed by atoms with Crippen molar-refractivity contribution in [3.8, 4) is 0 Å². The van der Waals surface area contributed by atoms with Gasteiger partial charge in [-0.2, -0.15) is 0 Å². The van der Waals surface area contributed by atoms with Crippen molar-refractivity contribution in [3.05, 3.63) is 0 Å². The Bertz CT molecular complexity index is 120. The largest absolute Gasteiger partial charge is 0.351 e. The van der Waals surface area contributed by atoms with Crippen molar-refractivity contribution in [1.82, 2.24) is 0 Å². The van der Waals surface area contributed by atoms with Crippen molar-refractivity contribution < 1.29 is 9.47 Å². The second-order valence-electron chi connectivity index (χ2n) is 3.23. The van der Waals surface area contributed by atoms with Crippen LogP contribution < -0.4 is 11.5 Å². The van der Waals surface area contributed by atoms with Gasteiger partial charge in [0.25, 0.3) is 0 Å². The molecule has 4 heteroatoms. The minimum atomic E-state index is -0.238. The highest BCUT2D eigenvalue weighted by Gasteiger charge is 2.11. The van der Waals surface area contributed by atoms with Crippen LogP contribution in [0.15, 0.2) is 0 Å². The first-order valence-electron chi connectivity index (χ1n) is 4.88. The van der Waals surface area contributed by atoms with Gasteiger partial charge in [0.2, 0.25) is 0 Å². The van der Waals surface area contributed by atoms with Crippen molar-refractivity contribution >= 4 is 0 Å². The quantitative estimate of drug-likeness (QED) is 0.582. The Morgan fingerprint density at radius 3 is 2.15 bits per heavy atom. The van der Waals surface area contributed by atoms with Crippen molar-refractivity contribution in [1.29, 1.82) is 0 Å². The van der Waals surface area contributed by atoms with Crippen LogP contribution >= 0.6 is 0 Å². The molecule has 13 heavy (non-hydrogen) atoms. The number of rotatable bonds is 7. The molecule has 0 saturated carbocycles. The molecule has 0 fully saturated rings. The summed E-state index contributed by atoms with van der Waals surface area (Å²) in [4.78, 5) is 0. The van der Waals surface area contributed by atoms with E-state index >= 15 is 0 Å². The summed E-state index contributed by atoms with van der Waals surface area (Å²) in [6.07, 6.45) is 1.12. The summed E-state index contributed by atoms with van der Waals surface area (Å²) >= 11 is 0. The van der Waals surface area contributed by atoms with Gasteiger partial charge in [-0.3, -0.25) is 0 Å². The zero-order valence-electron chi connectivity index (χ0n) is 8.82. The molecule has 0 aliphatic carbocycles. The Balaban J connectivity index is 3.62. The topological polar surface area (TPSA) is 70.5 Å². The Morgan fingerprint density at radius 1 is 1.15 bits per heavy atom. The zero-order valence-corrected chi connectivity index (χ0v) is 8.82. The number of hydrogen-bond donors (Lipinski definition) is 2. The molecule has 0 aliphatic rings. The molecular formula is C9H22N2O2. The van der Waals surface area contributed by atoms with E-state index < -0.39 is 0 Å². The second-order valence-corrected chi connectivity index (χ2v) is 3.23. The van der Waals surface area contributed by atoms with E-state index in [1.54, 1.807) is 0 Å². The van der Waals surface area contributed by atoms with Crippen molar-refractivity contribution in [3.63, 3.8) is 0 Å². The SMILES string of the molecule is CCC(N)OC(CC)OCC(C)N. The summed E-state index contributed by atoms with van der Waals surface area (Å²) in [7, 11) is 0. The van der Waals surface area contributed by atoms with Gasteiger partial charge in [-0.05, 0) is 19.8 Å². The van der Waals surface area contributed by atoms with Crippen LogP contribution in [-0.4, -0.2) is 25.2 Å². The van der Waals surface area contributed by atoms with Gasteiger partial charge in [-0.25, -0.2) is 0 Å². The lowest BCUT2D eigenvalue weighted by atomic mass is 10.4. The molecular weight excluding hydrogens is 168 g/mol. The maximum absolute atomic E-state index is 5.62. The van der Waals surface area contributed by atoms with Gasteiger partial charge in [0.15, 0.2) is 6.29 Å². The van der Waals surface area contributed by atoms with Gasteiger partial charge in [-0.15, -0.1) is 0 Å². The third-order valence-electron chi connectivity index (χ3n) is 1.61. The van der Waals surface area contributed by atoms with Crippen LogP contribution in [0.5, 0.6) is 0 Å². The highest BCUT2D eigenvalue weighted by Crippen LogP contribution is 2.04. The van der Waals surface area contributed by atoms with Gasteiger partial charge in [0.1, 0.15) is 6.23 Å². The summed E-state index contributed by atoms with van der Waals surface area (Å²) in [6, 6.07) is 0.0375. The van der Waals surface area contributed by atoms with Crippen molar-refractivity contribution in [2.24, 2.45) is 11.5 Å². The molecule has 0 aromatic carbocycles. The second kappa shape index (κ2) is 7.26. The van der Waals surface area contributed by atoms with E-state index in [1.807, 2.05) is 20.8 Å². The molecule has 0 rings (SSSR count). The first kappa shape index (κ1) is 12.8. The van der Waals surface area contributed by atoms with Crippen LogP contribution in [-0.2, 0) is 9.47 Å². The lowest BCUT2D eigenvalue weighted by Gasteiger charge is -2.21. The smallest absolute Gasteiger partial charge is 0.159 e. The highest BCUT2D eigenvalue weighted by atomic mass is 16.7. The third-order valence-corrected chi connectivity index (χ3v) is 1.61. The molecule has 0 saturated heterocycles. The van der Waals surface area contributed by atoms with Crippen LogP contribution in [0.4, 0.5) is 0 Å². The average Bonchev–Trinajstić information content (AvgIpc) is 2.11. The van der Waals surface area contributed by atoms with Gasteiger partial charge < -0.3 is 20.9 Å². The van der Waals surface area contributed by atoms with E-state index in [0.717, 1.165) is 12.8 Å². The Morgan fingerprint density at radius 2 is 1.77 bits per heavy atom. The molecule has 0 spiro atoms. The standard InChI is InChI=1S/C9H22N2O2/c1-4-8(11)13-9(5-2)12-6-7(3)10/h7-9H,4-6,10-11H2,1-3H3. The zero-order chi connectivity index (χ0) is 10.3. The molecule has 4 N–H and O–H groups in total. The number of hydrogen-bond acceptors (Lipinski definition) is 4. The fourth-order valence-electron chi connectivity index (χ4n) is 0.804. The first-order valence-corrected chi connectivity index (χ1v) is 4.88. The molecule has 4 nitrogen and oxygen atoms in total. The first-order chi connectivity index (χ1) is 6.10. The third kappa shape index (κ3) is 6.95. The molecule has 0 amide bonds. The fourth-order valence-corrected chi connectivity index (χ4v) is 0.804. The summed E-state index contributed by atoms with van der Waals surface area (Å²) in [5, 5.41) is 0. The van der Waals surface area contributed by atoms with Crippen LogP contribution in [0.2, 0.25) is 0 Å². The van der Waals surface area contributed by atoms with Gasteiger partial charge in [0, 0.05) is 6.04 Å². The maximum atomic E-state index is 5.62. The van der Waals surface area contributed by atoms with Gasteiger partial charge in [0.05, 0.1) is 6.61 Å². The molecule has 0 bridgehead atoms. The number of nitrogens with two attached hydrogens (primary N) is 2. The molecule has 0 aromatic heterocycles. The van der Waals surface area contributed by atoms with E-state index in [2.05, 4.69) is 0 Å². The minimum absolute atomic E-state index is 0.0375. The Hall–Kier alpha value is -0.160. The molecule has 3 unspecified atom stereocenters. The molecule has 3 atom stereocenters. The van der Waals surface area contributed by atoms with Gasteiger partial charge in [-0.1, -0.05) is 13.8 Å². The van der Waals surface area contributed by atoms with Crippen molar-refractivity contribution in [2.45, 2.75) is 52.2 Å². The average molecular weight is 190 g/mol. The number of ether oxygens (including phenoxy) is 2. The molecule has 0 aliphatic heterocycles. The molecule has 0 radical (unpaired) electrons. The Kier molecular flexibility index (Phi) is 7.17. The molecule has 80 valence electrons. The van der Waals surface area contributed by atoms with Crippen LogP contribution in [0.3, 0.4) is 0 Å². The lowest BCUT2D eigenvalue weighted by molar-refractivity contribution is -0.172. The monoisotopic (exact) mass is 190 g/mol. The van der Waals surface area contributed by atoms with Crippen molar-refractivity contribution in [2.75, 3.05) is 6.61 Å². The fraction of sp³-hybridized carbons (Fsp3) is 1.00. The molecule has 0 heterocycles. The summed E-state index contributed by atoms with van der Waals surface area (Å²) in [5.74, 6) is 0. The van der Waals surface area contributed by atoms with Gasteiger partial charge >= 0.3 is 0 Å². The van der Waals surface area contributed by atoms with E-state index in [-0.39, 0.29) is 18.6 Å². The molecule has 0 aromatic rings. The predicted molar refractivity (Wildman–Crippen MR) is 53.0 cm³/mol. The maximum Gasteiger partial charge on any atom is 0.159 e.